The van der Waals surface area contributed by atoms with Gasteiger partial charge in [0.05, 0.1) is 17.9 Å². The SMILES string of the molecule is CCc1nn(C)c(NCc2nc(C)no2)c1N. The van der Waals surface area contributed by atoms with E-state index in [0.29, 0.717) is 23.9 Å². The molecule has 0 aliphatic carbocycles. The number of nitrogens with zero attached hydrogens (tertiary/aromatic N) is 4. The fourth-order valence-electron chi connectivity index (χ4n) is 1.64. The van der Waals surface area contributed by atoms with Crippen LogP contribution in [0.1, 0.15) is 24.3 Å². The van der Waals surface area contributed by atoms with Crippen LogP contribution in [0.25, 0.3) is 0 Å². The van der Waals surface area contributed by atoms with Crippen LogP contribution in [-0.4, -0.2) is 19.9 Å². The van der Waals surface area contributed by atoms with E-state index in [2.05, 4.69) is 20.6 Å². The van der Waals surface area contributed by atoms with Crippen LogP contribution >= 0.6 is 0 Å². The molecule has 0 spiro atoms. The molecule has 2 aromatic heterocycles. The van der Waals surface area contributed by atoms with E-state index in [-0.39, 0.29) is 0 Å². The van der Waals surface area contributed by atoms with Crippen molar-refractivity contribution in [1.82, 2.24) is 19.9 Å². The van der Waals surface area contributed by atoms with Crippen molar-refractivity contribution in [3.05, 3.63) is 17.4 Å². The predicted molar refractivity (Wildman–Crippen MR) is 63.4 cm³/mol. The summed E-state index contributed by atoms with van der Waals surface area (Å²) in [6.45, 7) is 4.23. The van der Waals surface area contributed by atoms with Crippen LogP contribution in [0.3, 0.4) is 0 Å². The molecule has 0 aliphatic heterocycles. The van der Waals surface area contributed by atoms with Gasteiger partial charge in [0.25, 0.3) is 0 Å². The molecule has 7 heteroatoms. The summed E-state index contributed by atoms with van der Waals surface area (Å²) in [4.78, 5) is 4.10. The van der Waals surface area contributed by atoms with Crippen molar-refractivity contribution in [3.8, 4) is 0 Å². The van der Waals surface area contributed by atoms with Crippen LogP contribution in [0, 0.1) is 6.92 Å². The quantitative estimate of drug-likeness (QED) is 0.817. The van der Waals surface area contributed by atoms with Crippen LogP contribution in [0.2, 0.25) is 0 Å². The Labute approximate surface area is 99.0 Å². The van der Waals surface area contributed by atoms with Crippen molar-refractivity contribution < 1.29 is 4.52 Å². The molecule has 3 N–H and O–H groups in total. The minimum absolute atomic E-state index is 0.438. The van der Waals surface area contributed by atoms with E-state index in [1.54, 1.807) is 11.6 Å². The largest absolute Gasteiger partial charge is 0.394 e. The summed E-state index contributed by atoms with van der Waals surface area (Å²) in [5.74, 6) is 1.92. The van der Waals surface area contributed by atoms with Crippen LogP contribution < -0.4 is 11.1 Å². The second-order valence-electron chi connectivity index (χ2n) is 3.78. The molecule has 0 atom stereocenters. The second kappa shape index (κ2) is 4.44. The number of aromatic nitrogens is 4. The van der Waals surface area contributed by atoms with Gasteiger partial charge in [-0.05, 0) is 13.3 Å². The number of nitrogens with two attached hydrogens (primary N) is 1. The minimum Gasteiger partial charge on any atom is -0.394 e. The lowest BCUT2D eigenvalue weighted by Crippen LogP contribution is -2.06. The standard InChI is InChI=1S/C10H16N6O/c1-4-7-9(11)10(16(3)14-7)12-5-8-13-6(2)15-17-8/h12H,4-5,11H2,1-3H3. The van der Waals surface area contributed by atoms with Crippen molar-refractivity contribution in [2.75, 3.05) is 11.1 Å². The van der Waals surface area contributed by atoms with Crippen molar-refractivity contribution >= 4 is 11.5 Å². The third kappa shape index (κ3) is 2.22. The van der Waals surface area contributed by atoms with Gasteiger partial charge in [-0.15, -0.1) is 0 Å². The monoisotopic (exact) mass is 236 g/mol. The molecule has 0 amide bonds. The number of nitrogens with one attached hydrogen (secondary N) is 1. The number of hydrogen-bond acceptors (Lipinski definition) is 6. The van der Waals surface area contributed by atoms with Gasteiger partial charge in [0.1, 0.15) is 5.82 Å². The van der Waals surface area contributed by atoms with E-state index in [4.69, 9.17) is 10.3 Å². The molecule has 0 saturated heterocycles. The Balaban J connectivity index is 2.11. The molecule has 0 aromatic carbocycles. The summed E-state index contributed by atoms with van der Waals surface area (Å²) >= 11 is 0. The van der Waals surface area contributed by atoms with E-state index < -0.39 is 0 Å². The number of aryl methyl sites for hydroxylation is 3. The minimum atomic E-state index is 0.438. The Morgan fingerprint density at radius 2 is 2.24 bits per heavy atom. The lowest BCUT2D eigenvalue weighted by molar-refractivity contribution is 0.379. The number of nitrogen functional groups attached to an aromatic ring is 1. The first-order valence-electron chi connectivity index (χ1n) is 5.46. The summed E-state index contributed by atoms with van der Waals surface area (Å²) in [6.07, 6.45) is 0.807. The summed E-state index contributed by atoms with van der Waals surface area (Å²) in [5.41, 5.74) is 7.53. The van der Waals surface area contributed by atoms with E-state index in [1.165, 1.54) is 0 Å². The van der Waals surface area contributed by atoms with Crippen LogP contribution in [0.4, 0.5) is 11.5 Å². The van der Waals surface area contributed by atoms with E-state index in [0.717, 1.165) is 17.9 Å². The first-order chi connectivity index (χ1) is 8.11. The van der Waals surface area contributed by atoms with Gasteiger partial charge in [-0.25, -0.2) is 0 Å². The van der Waals surface area contributed by atoms with Gasteiger partial charge in [-0.3, -0.25) is 4.68 Å². The number of hydrogen-bond donors (Lipinski definition) is 2. The average molecular weight is 236 g/mol. The normalized spacial score (nSPS) is 10.8. The third-order valence-electron chi connectivity index (χ3n) is 2.47. The zero-order valence-corrected chi connectivity index (χ0v) is 10.2. The Kier molecular flexibility index (Phi) is 2.99. The predicted octanol–water partition coefficient (Wildman–Crippen LogP) is 0.868. The Morgan fingerprint density at radius 1 is 1.47 bits per heavy atom. The van der Waals surface area contributed by atoms with E-state index in [1.807, 2.05) is 14.0 Å². The molecular weight excluding hydrogens is 220 g/mol. The Bertz CT molecular complexity index is 515. The number of anilines is 2. The van der Waals surface area contributed by atoms with Crippen molar-refractivity contribution in [1.29, 1.82) is 0 Å². The summed E-state index contributed by atoms with van der Waals surface area (Å²) in [7, 11) is 1.84. The fraction of sp³-hybridized carbons (Fsp3) is 0.500. The lowest BCUT2D eigenvalue weighted by atomic mass is 10.3. The van der Waals surface area contributed by atoms with E-state index in [9.17, 15) is 0 Å². The molecule has 2 heterocycles. The highest BCUT2D eigenvalue weighted by molar-refractivity contribution is 5.64. The zero-order valence-electron chi connectivity index (χ0n) is 10.2. The summed E-state index contributed by atoms with van der Waals surface area (Å²) in [5, 5.41) is 11.2. The molecule has 0 fully saturated rings. The van der Waals surface area contributed by atoms with Gasteiger partial charge in [0.2, 0.25) is 5.89 Å². The van der Waals surface area contributed by atoms with Gasteiger partial charge in [-0.1, -0.05) is 12.1 Å². The van der Waals surface area contributed by atoms with Crippen molar-refractivity contribution in [2.45, 2.75) is 26.8 Å². The topological polar surface area (TPSA) is 94.8 Å². The molecular formula is C10H16N6O. The maximum atomic E-state index is 5.97. The van der Waals surface area contributed by atoms with Crippen LogP contribution in [0.15, 0.2) is 4.52 Å². The molecule has 2 aromatic rings. The lowest BCUT2D eigenvalue weighted by Gasteiger charge is -2.04. The summed E-state index contributed by atoms with van der Waals surface area (Å²) < 4.78 is 6.72. The van der Waals surface area contributed by atoms with Crippen molar-refractivity contribution in [2.24, 2.45) is 7.05 Å². The highest BCUT2D eigenvalue weighted by atomic mass is 16.5. The molecule has 17 heavy (non-hydrogen) atoms. The first-order valence-corrected chi connectivity index (χ1v) is 5.46. The molecule has 92 valence electrons. The number of rotatable bonds is 4. The zero-order chi connectivity index (χ0) is 12.4. The van der Waals surface area contributed by atoms with Crippen molar-refractivity contribution in [3.63, 3.8) is 0 Å². The first kappa shape index (κ1) is 11.4. The smallest absolute Gasteiger partial charge is 0.245 e. The van der Waals surface area contributed by atoms with Crippen LogP contribution in [-0.2, 0) is 20.0 Å². The highest BCUT2D eigenvalue weighted by Crippen LogP contribution is 2.22. The Hall–Kier alpha value is -2.05. The van der Waals surface area contributed by atoms with E-state index >= 15 is 0 Å². The third-order valence-corrected chi connectivity index (χ3v) is 2.47. The summed E-state index contributed by atoms with van der Waals surface area (Å²) in [6, 6.07) is 0. The fourth-order valence-corrected chi connectivity index (χ4v) is 1.64. The van der Waals surface area contributed by atoms with Gasteiger partial charge in [0, 0.05) is 7.05 Å². The molecule has 2 rings (SSSR count). The molecule has 0 bridgehead atoms. The second-order valence-corrected chi connectivity index (χ2v) is 3.78. The molecule has 0 aliphatic rings. The average Bonchev–Trinajstić information content (AvgIpc) is 2.82. The maximum absolute atomic E-state index is 5.97. The molecule has 0 saturated carbocycles. The molecule has 0 unspecified atom stereocenters. The maximum Gasteiger partial charge on any atom is 0.245 e. The van der Waals surface area contributed by atoms with Gasteiger partial charge in [0.15, 0.2) is 5.82 Å². The van der Waals surface area contributed by atoms with Gasteiger partial charge < -0.3 is 15.6 Å². The molecule has 0 radical (unpaired) electrons. The van der Waals surface area contributed by atoms with Gasteiger partial charge in [-0.2, -0.15) is 10.1 Å². The van der Waals surface area contributed by atoms with Crippen LogP contribution in [0.5, 0.6) is 0 Å². The Morgan fingerprint density at radius 3 is 2.76 bits per heavy atom. The van der Waals surface area contributed by atoms with Gasteiger partial charge >= 0.3 is 0 Å². The highest BCUT2D eigenvalue weighted by Gasteiger charge is 2.12. The molecule has 7 nitrogen and oxygen atoms in total.